The molecule has 2 aromatic carbocycles. The number of halogens is 1. The topological polar surface area (TPSA) is 21.3 Å². The third-order valence-electron chi connectivity index (χ3n) is 4.83. The summed E-state index contributed by atoms with van der Waals surface area (Å²) in [4.78, 5) is 0. The molecule has 0 aliphatic carbocycles. The van der Waals surface area contributed by atoms with Gasteiger partial charge in [0.05, 0.1) is 12.1 Å². The highest BCUT2D eigenvalue weighted by atomic mass is 35.5. The van der Waals surface area contributed by atoms with E-state index in [9.17, 15) is 0 Å². The number of hydrogen-bond acceptors (Lipinski definition) is 2. The minimum absolute atomic E-state index is 0.147. The van der Waals surface area contributed by atoms with Gasteiger partial charge in [-0.25, -0.2) is 0 Å². The van der Waals surface area contributed by atoms with Crippen molar-refractivity contribution >= 4 is 17.3 Å². The molecule has 2 aromatic rings. The van der Waals surface area contributed by atoms with Crippen LogP contribution in [-0.4, -0.2) is 6.61 Å². The Balaban J connectivity index is 1.79. The van der Waals surface area contributed by atoms with Crippen molar-refractivity contribution in [1.82, 2.24) is 0 Å². The molecular formula is C19H20ClNO. The summed E-state index contributed by atoms with van der Waals surface area (Å²) < 4.78 is 6.15. The molecule has 0 saturated carbocycles. The molecule has 22 heavy (non-hydrogen) atoms. The van der Waals surface area contributed by atoms with Crippen molar-refractivity contribution in [3.63, 3.8) is 0 Å². The summed E-state index contributed by atoms with van der Waals surface area (Å²) in [6.45, 7) is 2.99. The molecule has 0 spiro atoms. The van der Waals surface area contributed by atoms with Gasteiger partial charge in [-0.3, -0.25) is 0 Å². The number of rotatable bonds is 1. The number of aryl methyl sites for hydroxylation is 1. The summed E-state index contributed by atoms with van der Waals surface area (Å²) >= 11 is 6.20. The van der Waals surface area contributed by atoms with Crippen LogP contribution >= 0.6 is 11.6 Å². The normalized spacial score (nSPS) is 26.7. The van der Waals surface area contributed by atoms with E-state index in [4.69, 9.17) is 16.3 Å². The van der Waals surface area contributed by atoms with Crippen molar-refractivity contribution in [3.05, 3.63) is 64.2 Å². The fraction of sp³-hybridized carbons (Fsp3) is 0.368. The Kier molecular flexibility index (Phi) is 3.59. The highest BCUT2D eigenvalue weighted by molar-refractivity contribution is 6.30. The van der Waals surface area contributed by atoms with Gasteiger partial charge in [0, 0.05) is 28.8 Å². The number of hydrogen-bond donors (Lipinski definition) is 1. The van der Waals surface area contributed by atoms with Crippen molar-refractivity contribution in [2.45, 2.75) is 31.9 Å². The monoisotopic (exact) mass is 313 g/mol. The zero-order valence-electron chi connectivity index (χ0n) is 12.7. The maximum atomic E-state index is 6.20. The first kappa shape index (κ1) is 14.1. The quantitative estimate of drug-likeness (QED) is 0.773. The molecular weight excluding hydrogens is 294 g/mol. The van der Waals surface area contributed by atoms with Crippen molar-refractivity contribution < 1.29 is 4.74 Å². The Labute approximate surface area is 136 Å². The highest BCUT2D eigenvalue weighted by Gasteiger charge is 2.39. The summed E-state index contributed by atoms with van der Waals surface area (Å²) in [5.74, 6) is 0.460. The lowest BCUT2D eigenvalue weighted by molar-refractivity contribution is -0.0381. The SMILES string of the molecule is Cc1cccc([C@@H]2Nc3ccc(Cl)cc3[C@H]3OCCC[C@H]32)c1. The zero-order valence-corrected chi connectivity index (χ0v) is 13.4. The lowest BCUT2D eigenvalue weighted by atomic mass is 9.77. The number of anilines is 1. The first-order chi connectivity index (χ1) is 10.7. The molecule has 3 atom stereocenters. The van der Waals surface area contributed by atoms with Gasteiger partial charge in [0.25, 0.3) is 0 Å². The molecule has 4 rings (SSSR count). The van der Waals surface area contributed by atoms with Crippen molar-refractivity contribution in [2.24, 2.45) is 5.92 Å². The Bertz CT molecular complexity index is 700. The zero-order chi connectivity index (χ0) is 15.1. The van der Waals surface area contributed by atoms with Gasteiger partial charge in [0.1, 0.15) is 0 Å². The minimum atomic E-state index is 0.147. The standard InChI is InChI=1S/C19H20ClNO/c1-12-4-2-5-13(10-12)18-15-6-3-9-22-19(15)16-11-14(20)7-8-17(16)21-18/h2,4-5,7-8,10-11,15,18-19,21H,3,6,9H2,1H3/t15-,18-,19-/m0/s1. The van der Waals surface area contributed by atoms with Gasteiger partial charge in [-0.1, -0.05) is 41.4 Å². The molecule has 0 amide bonds. The van der Waals surface area contributed by atoms with Gasteiger partial charge >= 0.3 is 0 Å². The molecule has 3 heteroatoms. The smallest absolute Gasteiger partial charge is 0.0896 e. The molecule has 2 nitrogen and oxygen atoms in total. The summed E-state index contributed by atoms with van der Waals surface area (Å²) in [6, 6.07) is 15.2. The molecule has 0 unspecified atom stereocenters. The van der Waals surface area contributed by atoms with E-state index in [0.29, 0.717) is 12.0 Å². The van der Waals surface area contributed by atoms with E-state index in [0.717, 1.165) is 23.7 Å². The van der Waals surface area contributed by atoms with Gasteiger partial charge in [-0.2, -0.15) is 0 Å². The van der Waals surface area contributed by atoms with E-state index in [1.165, 1.54) is 23.1 Å². The van der Waals surface area contributed by atoms with Crippen LogP contribution in [0.3, 0.4) is 0 Å². The molecule has 1 N–H and O–H groups in total. The fourth-order valence-electron chi connectivity index (χ4n) is 3.84. The maximum absolute atomic E-state index is 6.20. The Hall–Kier alpha value is -1.51. The van der Waals surface area contributed by atoms with Gasteiger partial charge in [0.2, 0.25) is 0 Å². The number of fused-ring (bicyclic) bond motifs is 3. The molecule has 1 saturated heterocycles. The predicted octanol–water partition coefficient (Wildman–Crippen LogP) is 5.28. The van der Waals surface area contributed by atoms with Crippen LogP contribution in [0.25, 0.3) is 0 Å². The Morgan fingerprint density at radius 3 is 2.95 bits per heavy atom. The Morgan fingerprint density at radius 2 is 2.09 bits per heavy atom. The molecule has 0 radical (unpaired) electrons. The second-order valence-electron chi connectivity index (χ2n) is 6.37. The minimum Gasteiger partial charge on any atom is -0.378 e. The van der Waals surface area contributed by atoms with E-state index in [1.54, 1.807) is 0 Å². The van der Waals surface area contributed by atoms with Crippen LogP contribution in [0.5, 0.6) is 0 Å². The molecule has 2 heterocycles. The predicted molar refractivity (Wildman–Crippen MR) is 90.4 cm³/mol. The van der Waals surface area contributed by atoms with E-state index < -0.39 is 0 Å². The van der Waals surface area contributed by atoms with E-state index in [2.05, 4.69) is 48.6 Å². The average Bonchev–Trinajstić information content (AvgIpc) is 2.54. The first-order valence-electron chi connectivity index (χ1n) is 7.96. The molecule has 2 aliphatic rings. The molecule has 1 fully saturated rings. The maximum Gasteiger partial charge on any atom is 0.0896 e. The van der Waals surface area contributed by atoms with Crippen LogP contribution in [0, 0.1) is 12.8 Å². The second kappa shape index (κ2) is 5.60. The largest absolute Gasteiger partial charge is 0.378 e. The van der Waals surface area contributed by atoms with Crippen molar-refractivity contribution in [2.75, 3.05) is 11.9 Å². The lowest BCUT2D eigenvalue weighted by Gasteiger charge is -2.43. The third kappa shape index (κ3) is 2.41. The van der Waals surface area contributed by atoms with Gasteiger partial charge in [-0.05, 0) is 43.5 Å². The van der Waals surface area contributed by atoms with Crippen LogP contribution in [0.15, 0.2) is 42.5 Å². The molecule has 114 valence electrons. The fourth-order valence-corrected chi connectivity index (χ4v) is 4.02. The van der Waals surface area contributed by atoms with Crippen LogP contribution in [0.2, 0.25) is 5.02 Å². The van der Waals surface area contributed by atoms with Gasteiger partial charge in [0.15, 0.2) is 0 Å². The van der Waals surface area contributed by atoms with Crippen molar-refractivity contribution in [3.8, 4) is 0 Å². The highest BCUT2D eigenvalue weighted by Crippen LogP contribution is 2.49. The van der Waals surface area contributed by atoms with Crippen LogP contribution in [0.1, 0.15) is 41.7 Å². The van der Waals surface area contributed by atoms with Gasteiger partial charge < -0.3 is 10.1 Å². The number of benzene rings is 2. The summed E-state index contributed by atoms with van der Waals surface area (Å²) in [5.41, 5.74) is 5.01. The summed E-state index contributed by atoms with van der Waals surface area (Å²) in [5, 5.41) is 4.51. The van der Waals surface area contributed by atoms with E-state index in [1.807, 2.05) is 6.07 Å². The van der Waals surface area contributed by atoms with Crippen molar-refractivity contribution in [1.29, 1.82) is 0 Å². The van der Waals surface area contributed by atoms with Crippen LogP contribution < -0.4 is 5.32 Å². The van der Waals surface area contributed by atoms with E-state index >= 15 is 0 Å². The lowest BCUT2D eigenvalue weighted by Crippen LogP contribution is -2.36. The summed E-state index contributed by atoms with van der Waals surface area (Å²) in [6.07, 6.45) is 2.46. The average molecular weight is 314 g/mol. The van der Waals surface area contributed by atoms with Crippen LogP contribution in [0.4, 0.5) is 5.69 Å². The third-order valence-corrected chi connectivity index (χ3v) is 5.06. The molecule has 0 bridgehead atoms. The number of nitrogens with one attached hydrogen (secondary N) is 1. The van der Waals surface area contributed by atoms with Gasteiger partial charge in [-0.15, -0.1) is 0 Å². The molecule has 0 aromatic heterocycles. The first-order valence-corrected chi connectivity index (χ1v) is 8.34. The van der Waals surface area contributed by atoms with E-state index in [-0.39, 0.29) is 6.10 Å². The second-order valence-corrected chi connectivity index (χ2v) is 6.80. The Morgan fingerprint density at radius 1 is 1.18 bits per heavy atom. The summed E-state index contributed by atoms with van der Waals surface area (Å²) in [7, 11) is 0. The number of ether oxygens (including phenoxy) is 1. The molecule has 2 aliphatic heterocycles. The van der Waals surface area contributed by atoms with Crippen LogP contribution in [-0.2, 0) is 4.74 Å².